The van der Waals surface area contributed by atoms with E-state index in [-0.39, 0.29) is 0 Å². The normalized spacial score (nSPS) is 18.2. The molecule has 1 radical (unpaired) electrons. The summed E-state index contributed by atoms with van der Waals surface area (Å²) >= 11 is 0. The Morgan fingerprint density at radius 3 is 3.20 bits per heavy atom. The fourth-order valence-electron chi connectivity index (χ4n) is 1.08. The molecule has 1 aliphatic heterocycles. The van der Waals surface area contributed by atoms with Crippen LogP contribution in [0.5, 0.6) is 0 Å². The molecule has 0 aromatic carbocycles. The van der Waals surface area contributed by atoms with Gasteiger partial charge in [0.05, 0.1) is 6.26 Å². The van der Waals surface area contributed by atoms with Crippen molar-refractivity contribution < 1.29 is 4.42 Å². The SMILES string of the molecule is c1coc(N2CCC[N]2)c1. The third kappa shape index (κ3) is 0.885. The fraction of sp³-hybridized carbons (Fsp3) is 0.429. The molecule has 0 atom stereocenters. The molecule has 0 aliphatic carbocycles. The maximum Gasteiger partial charge on any atom is 0.210 e. The molecule has 0 N–H and O–H groups in total. The maximum atomic E-state index is 5.15. The number of nitrogens with zero attached hydrogens (tertiary/aromatic N) is 2. The Balaban J connectivity index is 2.12. The fourth-order valence-corrected chi connectivity index (χ4v) is 1.08. The standard InChI is InChI=1S/C7H9N2O/c1-3-7(10-6-1)9-5-2-4-8-9/h1,3,6H,2,4-5H2. The molecule has 0 bridgehead atoms. The summed E-state index contributed by atoms with van der Waals surface area (Å²) in [5.74, 6) is 0.859. The Morgan fingerprint density at radius 2 is 2.60 bits per heavy atom. The zero-order valence-corrected chi connectivity index (χ0v) is 5.66. The van der Waals surface area contributed by atoms with Crippen LogP contribution in [-0.4, -0.2) is 13.1 Å². The Bertz CT molecular complexity index is 189. The molecule has 0 unspecified atom stereocenters. The van der Waals surface area contributed by atoms with E-state index in [4.69, 9.17) is 4.42 Å². The van der Waals surface area contributed by atoms with Gasteiger partial charge >= 0.3 is 0 Å². The van der Waals surface area contributed by atoms with E-state index in [2.05, 4.69) is 5.43 Å². The molecule has 1 aromatic rings. The highest BCUT2D eigenvalue weighted by molar-refractivity contribution is 5.33. The third-order valence-electron chi connectivity index (χ3n) is 1.56. The molecule has 53 valence electrons. The molecule has 0 amide bonds. The lowest BCUT2D eigenvalue weighted by atomic mass is 10.5. The van der Waals surface area contributed by atoms with E-state index in [0.717, 1.165) is 25.4 Å². The molecule has 2 rings (SSSR count). The van der Waals surface area contributed by atoms with E-state index in [1.807, 2.05) is 17.1 Å². The van der Waals surface area contributed by atoms with Gasteiger partial charge in [0.15, 0.2) is 0 Å². The molecule has 1 saturated heterocycles. The molecule has 0 saturated carbocycles. The van der Waals surface area contributed by atoms with Crippen molar-refractivity contribution in [2.75, 3.05) is 18.1 Å². The van der Waals surface area contributed by atoms with Crippen molar-refractivity contribution in [3.63, 3.8) is 0 Å². The highest BCUT2D eigenvalue weighted by Gasteiger charge is 2.14. The first-order valence-electron chi connectivity index (χ1n) is 3.45. The number of anilines is 1. The molecule has 2 heterocycles. The summed E-state index contributed by atoms with van der Waals surface area (Å²) in [5, 5.41) is 1.90. The van der Waals surface area contributed by atoms with Crippen molar-refractivity contribution >= 4 is 5.88 Å². The van der Waals surface area contributed by atoms with Crippen LogP contribution in [0.2, 0.25) is 0 Å². The van der Waals surface area contributed by atoms with Crippen molar-refractivity contribution in [1.29, 1.82) is 0 Å². The van der Waals surface area contributed by atoms with Crippen molar-refractivity contribution in [2.45, 2.75) is 6.42 Å². The maximum absolute atomic E-state index is 5.15. The van der Waals surface area contributed by atoms with E-state index in [1.165, 1.54) is 0 Å². The van der Waals surface area contributed by atoms with Crippen LogP contribution in [-0.2, 0) is 0 Å². The minimum Gasteiger partial charge on any atom is -0.447 e. The average molecular weight is 137 g/mol. The first-order valence-corrected chi connectivity index (χ1v) is 3.45. The van der Waals surface area contributed by atoms with Gasteiger partial charge in [0.1, 0.15) is 0 Å². The van der Waals surface area contributed by atoms with E-state index < -0.39 is 0 Å². The van der Waals surface area contributed by atoms with Gasteiger partial charge in [-0.3, -0.25) is 5.01 Å². The Hall–Kier alpha value is -0.960. The van der Waals surface area contributed by atoms with Gasteiger partial charge in [-0.1, -0.05) is 0 Å². The zero-order chi connectivity index (χ0) is 6.81. The molecule has 10 heavy (non-hydrogen) atoms. The van der Waals surface area contributed by atoms with Gasteiger partial charge in [-0.05, 0) is 12.5 Å². The van der Waals surface area contributed by atoms with Crippen molar-refractivity contribution in [3.05, 3.63) is 18.4 Å². The van der Waals surface area contributed by atoms with Crippen molar-refractivity contribution in [1.82, 2.24) is 5.43 Å². The van der Waals surface area contributed by atoms with E-state index >= 15 is 0 Å². The summed E-state index contributed by atoms with van der Waals surface area (Å²) in [7, 11) is 0. The van der Waals surface area contributed by atoms with Crippen LogP contribution >= 0.6 is 0 Å². The lowest BCUT2D eigenvalue weighted by molar-refractivity contribution is 0.537. The molecule has 1 fully saturated rings. The Labute approximate surface area is 59.6 Å². The molecular weight excluding hydrogens is 128 g/mol. The number of furan rings is 1. The highest BCUT2D eigenvalue weighted by atomic mass is 16.3. The van der Waals surface area contributed by atoms with Gasteiger partial charge in [0.25, 0.3) is 0 Å². The molecule has 1 aliphatic rings. The summed E-state index contributed by atoms with van der Waals surface area (Å²) < 4.78 is 5.15. The van der Waals surface area contributed by atoms with Gasteiger partial charge < -0.3 is 4.42 Å². The summed E-state index contributed by atoms with van der Waals surface area (Å²) in [5.41, 5.74) is 4.22. The van der Waals surface area contributed by atoms with Crippen LogP contribution in [0.3, 0.4) is 0 Å². The molecule has 0 spiro atoms. The van der Waals surface area contributed by atoms with Crippen LogP contribution in [0.4, 0.5) is 5.88 Å². The summed E-state index contributed by atoms with van der Waals surface area (Å²) in [6.07, 6.45) is 2.81. The third-order valence-corrected chi connectivity index (χ3v) is 1.56. The molecule has 3 nitrogen and oxygen atoms in total. The Kier molecular flexibility index (Phi) is 1.36. The predicted molar refractivity (Wildman–Crippen MR) is 37.7 cm³/mol. The van der Waals surface area contributed by atoms with Crippen LogP contribution < -0.4 is 10.4 Å². The van der Waals surface area contributed by atoms with Gasteiger partial charge in [0.2, 0.25) is 5.88 Å². The van der Waals surface area contributed by atoms with Crippen LogP contribution in [0.1, 0.15) is 6.42 Å². The summed E-state index contributed by atoms with van der Waals surface area (Å²) in [6.45, 7) is 1.92. The van der Waals surface area contributed by atoms with Gasteiger partial charge in [-0.25, -0.2) is 0 Å². The second-order valence-corrected chi connectivity index (χ2v) is 2.29. The smallest absolute Gasteiger partial charge is 0.210 e. The van der Waals surface area contributed by atoms with E-state index in [9.17, 15) is 0 Å². The Morgan fingerprint density at radius 1 is 1.60 bits per heavy atom. The highest BCUT2D eigenvalue weighted by Crippen LogP contribution is 2.15. The lowest BCUT2D eigenvalue weighted by Gasteiger charge is -2.10. The van der Waals surface area contributed by atoms with Crippen LogP contribution in [0.15, 0.2) is 22.8 Å². The minimum atomic E-state index is 0.859. The topological polar surface area (TPSA) is 30.5 Å². The number of hydrogen-bond acceptors (Lipinski definition) is 2. The summed E-state index contributed by atoms with van der Waals surface area (Å²) in [4.78, 5) is 0. The number of rotatable bonds is 1. The molecule has 1 aromatic heterocycles. The lowest BCUT2D eigenvalue weighted by Crippen LogP contribution is -2.23. The van der Waals surface area contributed by atoms with Gasteiger partial charge in [0, 0.05) is 19.2 Å². The first kappa shape index (κ1) is 5.80. The average Bonchev–Trinajstić information content (AvgIpc) is 2.59. The summed E-state index contributed by atoms with van der Waals surface area (Å²) in [6, 6.07) is 3.80. The molecular formula is C7H9N2O. The van der Waals surface area contributed by atoms with E-state index in [0.29, 0.717) is 0 Å². The first-order chi connectivity index (χ1) is 4.97. The van der Waals surface area contributed by atoms with Crippen molar-refractivity contribution in [2.24, 2.45) is 0 Å². The van der Waals surface area contributed by atoms with Gasteiger partial charge in [-0.15, -0.1) is 5.43 Å². The van der Waals surface area contributed by atoms with E-state index in [1.54, 1.807) is 6.26 Å². The van der Waals surface area contributed by atoms with Crippen LogP contribution in [0.25, 0.3) is 0 Å². The second-order valence-electron chi connectivity index (χ2n) is 2.29. The monoisotopic (exact) mass is 137 g/mol. The van der Waals surface area contributed by atoms with Crippen molar-refractivity contribution in [3.8, 4) is 0 Å². The van der Waals surface area contributed by atoms with Gasteiger partial charge in [-0.2, -0.15) is 0 Å². The predicted octanol–water partition coefficient (Wildman–Crippen LogP) is 1.01. The largest absolute Gasteiger partial charge is 0.447 e. The minimum absolute atomic E-state index is 0.859. The zero-order valence-electron chi connectivity index (χ0n) is 5.66. The number of hydrogen-bond donors (Lipinski definition) is 0. The quantitative estimate of drug-likeness (QED) is 0.578. The van der Waals surface area contributed by atoms with Crippen LogP contribution in [0, 0.1) is 0 Å². The second kappa shape index (κ2) is 2.34. The molecule has 3 heteroatoms.